The summed E-state index contributed by atoms with van der Waals surface area (Å²) in [6.07, 6.45) is 20.9. The van der Waals surface area contributed by atoms with E-state index in [0.29, 0.717) is 135 Å². The van der Waals surface area contributed by atoms with E-state index >= 15 is 0 Å². The van der Waals surface area contributed by atoms with Crippen molar-refractivity contribution in [2.45, 2.75) is 267 Å². The second-order valence-electron chi connectivity index (χ2n) is 37.7. The van der Waals surface area contributed by atoms with E-state index in [9.17, 15) is 19.5 Å². The second kappa shape index (κ2) is 29.2. The van der Waals surface area contributed by atoms with Crippen LogP contribution >= 0.6 is 0 Å². The van der Waals surface area contributed by atoms with Gasteiger partial charge in [-0.2, -0.15) is 0 Å². The van der Waals surface area contributed by atoms with Crippen molar-refractivity contribution in [1.82, 2.24) is 19.9 Å². The summed E-state index contributed by atoms with van der Waals surface area (Å²) in [7, 11) is 0. The summed E-state index contributed by atoms with van der Waals surface area (Å²) >= 11 is 0. The highest BCUT2D eigenvalue weighted by Crippen LogP contribution is 2.72. The maximum Gasteiger partial charge on any atom is 0.303 e. The number of carbonyl (C=O) groups is 3. The normalized spacial score (nSPS) is 46.5. The van der Waals surface area contributed by atoms with E-state index < -0.39 is 47.1 Å². The monoisotopic (exact) mass is 1500 g/mol. The molecule has 4 aromatic rings. The van der Waals surface area contributed by atoms with Crippen LogP contribution in [0.1, 0.15) is 304 Å². The van der Waals surface area contributed by atoms with E-state index in [2.05, 4.69) is 80.6 Å². The summed E-state index contributed by atoms with van der Waals surface area (Å²) in [4.78, 5) is 50.7. The highest BCUT2D eigenvalue weighted by atomic mass is 16.5. The van der Waals surface area contributed by atoms with Gasteiger partial charge in [-0.25, -0.2) is 0 Å². The van der Waals surface area contributed by atoms with Gasteiger partial charge in [0.2, 0.25) is 0 Å². The van der Waals surface area contributed by atoms with E-state index in [1.54, 1.807) is 0 Å². The predicted octanol–water partition coefficient (Wildman–Crippen LogP) is 22.9. The van der Waals surface area contributed by atoms with E-state index in [1.165, 1.54) is 19.4 Å². The van der Waals surface area contributed by atoms with Crippen LogP contribution in [-0.2, 0) is 23.9 Å². The quantitative estimate of drug-likeness (QED) is 0.146. The number of ketones is 1. The Hall–Kier alpha value is -6.91. The van der Waals surface area contributed by atoms with Gasteiger partial charge in [-0.15, -0.1) is 0 Å². The first-order chi connectivity index (χ1) is 62.7. The maximum atomic E-state index is 12.1. The fourth-order valence-corrected chi connectivity index (χ4v) is 26.8. The van der Waals surface area contributed by atoms with E-state index in [4.69, 9.17) is 42.4 Å². The Labute approximate surface area is 691 Å². The average molecular weight is 1500 g/mol. The van der Waals surface area contributed by atoms with Gasteiger partial charge < -0.3 is 14.6 Å². The largest absolute Gasteiger partial charge is 0.462 e. The second-order valence-corrected chi connectivity index (χ2v) is 37.7. The number of allylic oxidation sites excluding steroid dienone is 13. The third-order valence-corrected chi connectivity index (χ3v) is 32.8. The number of hydrogen-bond acceptors (Lipinski definition) is 10. The number of hydrogen-bond donors (Lipinski definition) is 1. The molecule has 1 N–H and O–H groups in total. The zero-order chi connectivity index (χ0) is 97.3. The minimum absolute atomic E-state index is 0.00417. The van der Waals surface area contributed by atoms with E-state index in [1.807, 2.05) is 13.0 Å². The molecule has 582 valence electrons. The topological polar surface area (TPSA) is 141 Å². The molecule has 0 bridgehead atoms. The van der Waals surface area contributed by atoms with Crippen molar-refractivity contribution in [2.24, 2.45) is 114 Å². The Balaban J connectivity index is 0.000000125. The highest BCUT2D eigenvalue weighted by molar-refractivity contribution is 5.83. The van der Waals surface area contributed by atoms with Crippen molar-refractivity contribution in [3.8, 4) is 0 Å². The molecule has 0 spiro atoms. The molecule has 0 aromatic carbocycles. The van der Waals surface area contributed by atoms with Gasteiger partial charge in [0, 0.05) is 86.6 Å². The Morgan fingerprint density at radius 1 is 0.427 bits per heavy atom. The molecule has 0 saturated heterocycles. The first-order valence-corrected chi connectivity index (χ1v) is 41.6. The molecular weight excluding hydrogens is 1350 g/mol. The van der Waals surface area contributed by atoms with Gasteiger partial charge in [0.25, 0.3) is 0 Å². The number of ether oxygens (including phenoxy) is 2. The van der Waals surface area contributed by atoms with Gasteiger partial charge in [0.15, 0.2) is 0 Å². The number of Topliss-reactive ketones (excluding diaryl/α,β-unsaturated/α-hetero) is 1. The third-order valence-electron chi connectivity index (χ3n) is 32.8. The Bertz CT molecular complexity index is 5910. The van der Waals surface area contributed by atoms with Crippen molar-refractivity contribution >= 4 is 40.0 Å². The number of esters is 2. The summed E-state index contributed by atoms with van der Waals surface area (Å²) in [5, 5.41) is 10.2. The fraction of sp³-hybridized carbons (Fsp3) is 0.610. The van der Waals surface area contributed by atoms with Gasteiger partial charge >= 0.3 is 11.9 Å². The zero-order valence-corrected chi connectivity index (χ0v) is 66.1. The lowest BCUT2D eigenvalue weighted by Crippen LogP contribution is -2.50. The van der Waals surface area contributed by atoms with Gasteiger partial charge in [-0.1, -0.05) is 144 Å². The van der Waals surface area contributed by atoms with Crippen LogP contribution in [0.4, 0.5) is 0 Å². The molecule has 24 atom stereocenters. The van der Waals surface area contributed by atoms with E-state index in [-0.39, 0.29) is 212 Å². The van der Waals surface area contributed by atoms with Crippen LogP contribution in [0.25, 0.3) is 22.3 Å². The fourth-order valence-electron chi connectivity index (χ4n) is 26.8. The third kappa shape index (κ3) is 12.8. The van der Waals surface area contributed by atoms with Crippen LogP contribution in [-0.4, -0.2) is 61.1 Å². The number of aliphatic hydroxyl groups excluding tert-OH is 1. The maximum absolute atomic E-state index is 12.1. The number of fused-ring (bicyclic) bond motifs is 20. The SMILES string of the molecule is [2H]C1=C(c2c([2H])nc([2H])c([2H])c2[2H])[C@@]2(C)CCC3C(CC([2H])C4=C[C@@H](OC(C)=O)CC[C@@]43C)C2C1([2H])[2H].[2H]C1=C2CC(=O)CC[C@]2(C)C2CC[C@]3(C)C(c4c([2H])nc([2H])c([2H])c4[2H])=C([2H])CC3C2C1.[2H]C1=C2C[C@@H](O)CC[C@]2(C)C2CC[C@]3(C)C(c4c([2H])nc([2H])c([2H])c4[2H])=C([2H])CC3C2C1.[2H]c1nc([2H])c(C2=CCC3C4CC=C5C[C@@H](OC(C)=O)CC[C@]5(C)C4CC[C@]23C)c([2H])c1[2H]. The van der Waals surface area contributed by atoms with Crippen LogP contribution in [0.3, 0.4) is 0 Å². The molecule has 20 rings (SSSR count). The molecule has 0 aliphatic heterocycles. The lowest BCUT2D eigenvalue weighted by Gasteiger charge is -2.58. The molecule has 0 amide bonds. The Kier molecular flexibility index (Phi) is 13.9. The standard InChI is InChI=1S/2C26H33NO2.C24H31NO.C24H29NO/c2*1-17(28)29-20-10-12-25(2)19(15-20)6-7-21-23-9-8-22(18-5-4-14-27-16-18)26(23,3)13-11-24(21)25;2*1-23-11-9-18(26)14-17(23)5-6-19-21-8-7-20(16-4-3-13-25-15-16)24(21,2)12-10-22(19)23/h4-5,8,14-16,20-21,23-24H,6-7,9-13H2,1-3H3;4-6,8,14,16,20-21,23-24H,7,9-13,15H2,1-3H3;3-5,7,13,15,18-19,21-22,26H,6,8-12,14H2,1-2H3;3-5,7,13,15,19,21-22H,6,8-12,14H2,1-2H3/t2*20-,21?,23?,24?,25-,26+;18-,19?,21?,22?,23-,24+;19?,21?,22?,23-,24+/m0000/s1/i4D,5D,6D,8D,9D2,14D,16D;4D,5D,14D,16D;2*3D,4D,5D,7D,13D,15D/t6?,20-,21?,23?,24?,25-,26+;3m. The molecule has 8 fully saturated rings. The van der Waals surface area contributed by atoms with Crippen molar-refractivity contribution in [3.63, 3.8) is 0 Å². The molecule has 4 heterocycles. The smallest absolute Gasteiger partial charge is 0.303 e. The lowest BCUT2D eigenvalue weighted by atomic mass is 9.46. The first-order valence-electron chi connectivity index (χ1n) is 53.6. The minimum atomic E-state index is -2.04. The highest BCUT2D eigenvalue weighted by Gasteiger charge is 2.62. The van der Waals surface area contributed by atoms with Crippen molar-refractivity contribution < 1.29 is 61.9 Å². The van der Waals surface area contributed by atoms with Crippen molar-refractivity contribution in [1.29, 1.82) is 0 Å². The van der Waals surface area contributed by atoms with Crippen molar-refractivity contribution in [2.75, 3.05) is 0 Å². The predicted molar refractivity (Wildman–Crippen MR) is 439 cm³/mol. The van der Waals surface area contributed by atoms with Crippen LogP contribution < -0.4 is 0 Å². The zero-order valence-electron chi connectivity index (χ0n) is 90.1. The summed E-state index contributed by atoms with van der Waals surface area (Å²) in [5.74, 6) is 2.09. The Morgan fingerprint density at radius 3 is 1.44 bits per heavy atom. The number of nitrogens with zero attached hydrogens (tertiary/aromatic N) is 4. The molecule has 110 heavy (non-hydrogen) atoms. The molecule has 10 heteroatoms. The van der Waals surface area contributed by atoms with Crippen LogP contribution in [0.15, 0.2) is 169 Å². The van der Waals surface area contributed by atoms with Crippen LogP contribution in [0.2, 0.25) is 0 Å². The first kappa shape index (κ1) is 52.5. The van der Waals surface area contributed by atoms with E-state index in [0.717, 1.165) is 125 Å². The van der Waals surface area contributed by atoms with Gasteiger partial charge in [0.05, 0.1) is 34.9 Å². The van der Waals surface area contributed by atoms with Crippen molar-refractivity contribution in [3.05, 3.63) is 191 Å². The van der Waals surface area contributed by atoms with Gasteiger partial charge in [-0.3, -0.25) is 34.3 Å². The molecule has 16 aliphatic rings. The van der Waals surface area contributed by atoms with Crippen LogP contribution in [0.5, 0.6) is 0 Å². The molecule has 8 saturated carbocycles. The number of carbonyl (C=O) groups excluding carboxylic acids is 3. The van der Waals surface area contributed by atoms with Gasteiger partial charge in [-0.05, 0) is 350 Å². The lowest BCUT2D eigenvalue weighted by molar-refractivity contribution is -0.148. The minimum Gasteiger partial charge on any atom is -0.462 e. The summed E-state index contributed by atoms with van der Waals surface area (Å²) in [6, 6.07) is -0.115. The number of pyridine rings is 4. The van der Waals surface area contributed by atoms with Crippen LogP contribution in [0, 0.1) is 114 Å². The molecule has 13 unspecified atom stereocenters. The average Bonchev–Trinajstić information content (AvgIpc) is 1.50. The molecule has 10 nitrogen and oxygen atoms in total. The number of rotatable bonds is 6. The molecule has 16 aliphatic carbocycles. The Morgan fingerprint density at radius 2 is 0.873 bits per heavy atom. The molecule has 0 radical (unpaired) electrons. The number of aliphatic hydroxyl groups is 1. The summed E-state index contributed by atoms with van der Waals surface area (Å²) in [5.41, 5.74) is 5.92. The number of aromatic nitrogens is 4. The molecule has 4 aromatic heterocycles. The summed E-state index contributed by atoms with van der Waals surface area (Å²) < 4.78 is 213. The molecular formula is C100H126N4O6. The van der Waals surface area contributed by atoms with Gasteiger partial charge in [0.1, 0.15) is 18.0 Å². The summed E-state index contributed by atoms with van der Waals surface area (Å²) in [6.45, 7) is 20.4.